The van der Waals surface area contributed by atoms with Crippen LogP contribution in [0.5, 0.6) is 0 Å². The number of carbonyl (C=O) groups is 1. The summed E-state index contributed by atoms with van der Waals surface area (Å²) in [6, 6.07) is 10.6. The van der Waals surface area contributed by atoms with Gasteiger partial charge in [0.25, 0.3) is 0 Å². The van der Waals surface area contributed by atoms with Crippen molar-refractivity contribution in [2.24, 2.45) is 5.92 Å². The number of carbonyl (C=O) groups excluding carboxylic acids is 1. The normalized spacial score (nSPS) is 28.1. The molecule has 1 heterocycles. The molecule has 1 aliphatic rings. The fraction of sp³-hybridized carbons (Fsp3) is 0.774. The van der Waals surface area contributed by atoms with Gasteiger partial charge in [-0.05, 0) is 57.9 Å². The summed E-state index contributed by atoms with van der Waals surface area (Å²) in [5.74, 6) is 0.509. The molecule has 0 aliphatic carbocycles. The largest absolute Gasteiger partial charge is 0.353 e. The monoisotopic (exact) mass is 486 g/mol. The highest BCUT2D eigenvalue weighted by Gasteiger charge is 2.54. The van der Waals surface area contributed by atoms with Crippen molar-refractivity contribution in [2.75, 3.05) is 0 Å². The molecule has 1 saturated heterocycles. The molecule has 1 aromatic carbocycles. The van der Waals surface area contributed by atoms with Crippen molar-refractivity contribution in [3.8, 4) is 0 Å². The molecule has 0 bridgehead atoms. The topological polar surface area (TPSA) is 41.6 Å². The summed E-state index contributed by atoms with van der Waals surface area (Å²) >= 11 is 0. The van der Waals surface area contributed by atoms with Gasteiger partial charge in [0.1, 0.15) is 6.10 Å². The molecule has 1 fully saturated rings. The zero-order valence-electron chi connectivity index (χ0n) is 23.9. The van der Waals surface area contributed by atoms with Crippen LogP contribution in [0.4, 0.5) is 0 Å². The summed E-state index contributed by atoms with van der Waals surface area (Å²) in [6.07, 6.45) is 13.5. The van der Waals surface area contributed by atoms with Gasteiger partial charge in [-0.1, -0.05) is 103 Å². The summed E-state index contributed by atoms with van der Waals surface area (Å²) in [4.78, 5) is 19.7. The molecule has 200 valence electrons. The zero-order valence-corrected chi connectivity index (χ0v) is 23.9. The molecule has 1 amide bonds. The van der Waals surface area contributed by atoms with Gasteiger partial charge < -0.3 is 5.32 Å². The Balaban J connectivity index is 1.99. The lowest BCUT2D eigenvalue weighted by atomic mass is 9.68. The van der Waals surface area contributed by atoms with E-state index in [0.717, 1.165) is 32.1 Å². The molecule has 4 heteroatoms. The first-order chi connectivity index (χ1) is 16.7. The minimum absolute atomic E-state index is 0.0201. The number of hydroxylamine groups is 2. The number of unbranched alkanes of at least 4 members (excludes halogenated alkanes) is 7. The maximum absolute atomic E-state index is 12.9. The van der Waals surface area contributed by atoms with E-state index in [0.29, 0.717) is 6.42 Å². The number of nitrogens with zero attached hydrogens (tertiary/aromatic N) is 1. The van der Waals surface area contributed by atoms with Crippen molar-refractivity contribution in [3.05, 3.63) is 35.9 Å². The quantitative estimate of drug-likeness (QED) is 0.253. The molecule has 1 N–H and O–H groups in total. The maximum atomic E-state index is 12.9. The van der Waals surface area contributed by atoms with E-state index in [1.807, 2.05) is 6.07 Å². The smallest absolute Gasteiger partial charge is 0.220 e. The van der Waals surface area contributed by atoms with Crippen LogP contribution in [0.25, 0.3) is 0 Å². The van der Waals surface area contributed by atoms with E-state index in [2.05, 4.69) is 83.1 Å². The highest BCUT2D eigenvalue weighted by Crippen LogP contribution is 2.47. The van der Waals surface area contributed by atoms with Crippen LogP contribution in [-0.4, -0.2) is 28.1 Å². The third kappa shape index (κ3) is 8.05. The van der Waals surface area contributed by atoms with Crippen LogP contribution >= 0.6 is 0 Å². The molecule has 35 heavy (non-hydrogen) atoms. The third-order valence-electron chi connectivity index (χ3n) is 8.81. The van der Waals surface area contributed by atoms with E-state index in [1.165, 1.54) is 44.1 Å². The van der Waals surface area contributed by atoms with Crippen LogP contribution < -0.4 is 5.32 Å². The van der Waals surface area contributed by atoms with Crippen molar-refractivity contribution in [3.63, 3.8) is 0 Å². The van der Waals surface area contributed by atoms with Crippen LogP contribution in [0.3, 0.4) is 0 Å². The van der Waals surface area contributed by atoms with E-state index >= 15 is 0 Å². The molecule has 0 spiro atoms. The average molecular weight is 487 g/mol. The van der Waals surface area contributed by atoms with E-state index in [4.69, 9.17) is 4.84 Å². The first kappa shape index (κ1) is 29.8. The van der Waals surface area contributed by atoms with Crippen molar-refractivity contribution < 1.29 is 9.63 Å². The summed E-state index contributed by atoms with van der Waals surface area (Å²) in [5.41, 5.74) is 0.886. The van der Waals surface area contributed by atoms with Crippen LogP contribution in [-0.2, 0) is 9.63 Å². The van der Waals surface area contributed by atoms with Gasteiger partial charge >= 0.3 is 0 Å². The highest BCUT2D eigenvalue weighted by atomic mass is 16.7. The van der Waals surface area contributed by atoms with Crippen molar-refractivity contribution in [1.82, 2.24) is 10.4 Å². The molecular weight excluding hydrogens is 432 g/mol. The molecule has 5 unspecified atom stereocenters. The van der Waals surface area contributed by atoms with Gasteiger partial charge in [-0.25, -0.2) is 0 Å². The maximum Gasteiger partial charge on any atom is 0.220 e. The summed E-state index contributed by atoms with van der Waals surface area (Å²) in [7, 11) is 0. The summed E-state index contributed by atoms with van der Waals surface area (Å²) in [5, 5.41) is 5.76. The number of benzene rings is 1. The molecule has 1 aliphatic heterocycles. The Kier molecular flexibility index (Phi) is 12.3. The Morgan fingerprint density at radius 1 is 1.00 bits per heavy atom. The number of nitrogens with one attached hydrogen (secondary N) is 1. The van der Waals surface area contributed by atoms with Crippen LogP contribution in [0.1, 0.15) is 137 Å². The lowest BCUT2D eigenvalue weighted by molar-refractivity contribution is -0.327. The number of hydrogen-bond donors (Lipinski definition) is 1. The Hall–Kier alpha value is -1.39. The second kappa shape index (κ2) is 14.4. The Morgan fingerprint density at radius 3 is 2.17 bits per heavy atom. The molecule has 2 rings (SSSR count). The molecular formula is C31H54N2O2. The van der Waals surface area contributed by atoms with Gasteiger partial charge in [0.15, 0.2) is 0 Å². The standard InChI is InChI=1S/C31H54N2O2/c1-8-11-12-13-14-15-16-20-23-29(34)32-28-24-30(6,9-2)33(31(7,10-3)25(28)4)35-26(5)27-21-18-17-19-22-27/h17-19,21-22,25-26,28H,8-16,20,23-24H2,1-7H3,(H,32,34). The Morgan fingerprint density at radius 2 is 1.60 bits per heavy atom. The zero-order chi connectivity index (χ0) is 25.9. The second-order valence-corrected chi connectivity index (χ2v) is 11.4. The van der Waals surface area contributed by atoms with E-state index < -0.39 is 0 Å². The second-order valence-electron chi connectivity index (χ2n) is 11.4. The summed E-state index contributed by atoms with van der Waals surface area (Å²) in [6.45, 7) is 15.8. The minimum atomic E-state index is -0.164. The fourth-order valence-electron chi connectivity index (χ4n) is 5.79. The van der Waals surface area contributed by atoms with Crippen molar-refractivity contribution in [2.45, 2.75) is 149 Å². The first-order valence-electron chi connectivity index (χ1n) is 14.5. The predicted octanol–water partition coefficient (Wildman–Crippen LogP) is 8.37. The molecule has 1 aromatic rings. The van der Waals surface area contributed by atoms with E-state index in [1.54, 1.807) is 0 Å². The summed E-state index contributed by atoms with van der Waals surface area (Å²) < 4.78 is 0. The lowest BCUT2D eigenvalue weighted by Crippen LogP contribution is -2.70. The first-order valence-corrected chi connectivity index (χ1v) is 14.5. The van der Waals surface area contributed by atoms with Crippen LogP contribution in [0.2, 0.25) is 0 Å². The van der Waals surface area contributed by atoms with Gasteiger partial charge in [0, 0.05) is 23.5 Å². The average Bonchev–Trinajstić information content (AvgIpc) is 2.87. The minimum Gasteiger partial charge on any atom is -0.353 e. The Labute approximate surface area is 216 Å². The number of hydrogen-bond acceptors (Lipinski definition) is 3. The van der Waals surface area contributed by atoms with Gasteiger partial charge in [-0.15, -0.1) is 0 Å². The van der Waals surface area contributed by atoms with E-state index in [-0.39, 0.29) is 35.0 Å². The number of piperidine rings is 1. The van der Waals surface area contributed by atoms with Gasteiger partial charge in [-0.3, -0.25) is 9.63 Å². The molecule has 4 nitrogen and oxygen atoms in total. The molecule has 0 saturated carbocycles. The SMILES string of the molecule is CCCCCCCCCCC(=O)NC1CC(C)(CC)N(OC(C)c2ccccc2)C(C)(CC)C1C. The molecule has 5 atom stereocenters. The van der Waals surface area contributed by atoms with Crippen molar-refractivity contribution >= 4 is 5.91 Å². The third-order valence-corrected chi connectivity index (χ3v) is 8.81. The van der Waals surface area contributed by atoms with Gasteiger partial charge in [-0.2, -0.15) is 5.06 Å². The number of amides is 1. The van der Waals surface area contributed by atoms with E-state index in [9.17, 15) is 4.79 Å². The van der Waals surface area contributed by atoms with Crippen molar-refractivity contribution in [1.29, 1.82) is 0 Å². The Bertz CT molecular complexity index is 739. The fourth-order valence-corrected chi connectivity index (χ4v) is 5.79. The molecule has 0 radical (unpaired) electrons. The van der Waals surface area contributed by atoms with Crippen LogP contribution in [0.15, 0.2) is 30.3 Å². The lowest BCUT2D eigenvalue weighted by Gasteiger charge is -2.60. The predicted molar refractivity (Wildman–Crippen MR) is 148 cm³/mol. The van der Waals surface area contributed by atoms with Gasteiger partial charge in [0.2, 0.25) is 5.91 Å². The highest BCUT2D eigenvalue weighted by molar-refractivity contribution is 5.76. The van der Waals surface area contributed by atoms with Crippen LogP contribution in [0, 0.1) is 5.92 Å². The number of rotatable bonds is 15. The molecule has 0 aromatic heterocycles. The van der Waals surface area contributed by atoms with Gasteiger partial charge in [0.05, 0.1) is 0 Å².